The first-order valence-electron chi connectivity index (χ1n) is 9.62. The van der Waals surface area contributed by atoms with Crippen molar-refractivity contribution >= 4 is 16.9 Å². The van der Waals surface area contributed by atoms with Crippen molar-refractivity contribution in [2.75, 3.05) is 19.7 Å². The van der Waals surface area contributed by atoms with E-state index in [1.807, 2.05) is 25.1 Å². The molecule has 0 bridgehead atoms. The number of aliphatic hydroxyl groups excluding tert-OH is 1. The van der Waals surface area contributed by atoms with Gasteiger partial charge in [0.2, 0.25) is 5.91 Å². The van der Waals surface area contributed by atoms with E-state index in [4.69, 9.17) is 4.74 Å². The summed E-state index contributed by atoms with van der Waals surface area (Å²) in [7, 11) is 0. The van der Waals surface area contributed by atoms with Gasteiger partial charge in [-0.1, -0.05) is 6.07 Å². The SMILES string of the molecule is Cc1ccc2nc(COCC(=O)N3C[C@@H](O)[C@H](n4cc(C)c(=O)[nH]c4=O)C3)[nH]c2c1. The number of H-pyrrole nitrogens is 2. The zero-order valence-corrected chi connectivity index (χ0v) is 16.7. The minimum absolute atomic E-state index is 0.0847. The topological polar surface area (TPSA) is 133 Å². The summed E-state index contributed by atoms with van der Waals surface area (Å²) in [6.07, 6.45) is 0.485. The average molecular weight is 413 g/mol. The Bertz CT molecular complexity index is 1210. The number of aliphatic hydroxyl groups is 1. The Labute approximate surface area is 171 Å². The lowest BCUT2D eigenvalue weighted by atomic mass is 10.2. The van der Waals surface area contributed by atoms with Gasteiger partial charge in [-0.05, 0) is 31.5 Å². The van der Waals surface area contributed by atoms with Crippen LogP contribution < -0.4 is 11.2 Å². The lowest BCUT2D eigenvalue weighted by Gasteiger charge is -2.17. The van der Waals surface area contributed by atoms with Crippen LogP contribution in [0.2, 0.25) is 0 Å². The number of benzene rings is 1. The third-order valence-corrected chi connectivity index (χ3v) is 5.27. The van der Waals surface area contributed by atoms with E-state index in [2.05, 4.69) is 15.0 Å². The summed E-state index contributed by atoms with van der Waals surface area (Å²) in [4.78, 5) is 47.4. The number of amides is 1. The van der Waals surface area contributed by atoms with E-state index in [-0.39, 0.29) is 32.2 Å². The third-order valence-electron chi connectivity index (χ3n) is 5.27. The summed E-state index contributed by atoms with van der Waals surface area (Å²) in [5.41, 5.74) is 2.14. The highest BCUT2D eigenvalue weighted by atomic mass is 16.5. The van der Waals surface area contributed by atoms with Gasteiger partial charge >= 0.3 is 5.69 Å². The maximum absolute atomic E-state index is 12.5. The second-order valence-corrected chi connectivity index (χ2v) is 7.61. The van der Waals surface area contributed by atoms with E-state index in [1.165, 1.54) is 15.7 Å². The average Bonchev–Trinajstić information content (AvgIpc) is 3.27. The molecule has 0 radical (unpaired) electrons. The highest BCUT2D eigenvalue weighted by Crippen LogP contribution is 2.21. The van der Waals surface area contributed by atoms with Crippen LogP contribution in [0.1, 0.15) is 23.0 Å². The van der Waals surface area contributed by atoms with Crippen molar-refractivity contribution in [2.45, 2.75) is 32.6 Å². The molecule has 2 aromatic heterocycles. The predicted molar refractivity (Wildman–Crippen MR) is 108 cm³/mol. The number of aromatic amines is 2. The van der Waals surface area contributed by atoms with Gasteiger partial charge in [-0.2, -0.15) is 0 Å². The standard InChI is InChI=1S/C20H23N5O5/c1-11-3-4-13-14(5-11)22-17(21-13)9-30-10-18(27)24-7-15(16(26)8-24)25-6-12(2)19(28)23-20(25)29/h3-6,15-16,26H,7-10H2,1-2H3,(H,21,22)(H,23,28,29)/t15-,16-/m1/s1. The molecule has 1 aromatic carbocycles. The monoisotopic (exact) mass is 413 g/mol. The molecule has 3 N–H and O–H groups in total. The van der Waals surface area contributed by atoms with Gasteiger partial charge in [0.05, 0.1) is 23.2 Å². The van der Waals surface area contributed by atoms with Crippen molar-refractivity contribution in [3.8, 4) is 0 Å². The van der Waals surface area contributed by atoms with Crippen molar-refractivity contribution < 1.29 is 14.6 Å². The van der Waals surface area contributed by atoms with E-state index in [0.717, 1.165) is 16.6 Å². The number of carbonyl (C=O) groups excluding carboxylic acids is 1. The number of likely N-dealkylation sites (tertiary alicyclic amines) is 1. The zero-order valence-electron chi connectivity index (χ0n) is 16.7. The van der Waals surface area contributed by atoms with Gasteiger partial charge in [0.25, 0.3) is 5.56 Å². The number of ether oxygens (including phenoxy) is 1. The lowest BCUT2D eigenvalue weighted by Crippen LogP contribution is -2.37. The fourth-order valence-electron chi connectivity index (χ4n) is 3.65. The fraction of sp³-hybridized carbons (Fsp3) is 0.400. The molecule has 2 atom stereocenters. The summed E-state index contributed by atoms with van der Waals surface area (Å²) in [5.74, 6) is 0.329. The Morgan fingerprint density at radius 2 is 2.07 bits per heavy atom. The molecule has 3 aromatic rings. The number of hydrogen-bond donors (Lipinski definition) is 3. The van der Waals surface area contributed by atoms with Gasteiger partial charge in [-0.15, -0.1) is 0 Å². The van der Waals surface area contributed by atoms with Gasteiger partial charge in [0, 0.05) is 24.8 Å². The van der Waals surface area contributed by atoms with Crippen LogP contribution in [-0.4, -0.2) is 61.2 Å². The molecule has 1 aliphatic rings. The Morgan fingerprint density at radius 1 is 1.27 bits per heavy atom. The summed E-state index contributed by atoms with van der Waals surface area (Å²) in [5, 5.41) is 10.4. The Balaban J connectivity index is 1.36. The van der Waals surface area contributed by atoms with E-state index in [0.29, 0.717) is 11.4 Å². The number of nitrogens with one attached hydrogen (secondary N) is 2. The zero-order chi connectivity index (χ0) is 21.4. The van der Waals surface area contributed by atoms with E-state index in [1.54, 1.807) is 6.92 Å². The molecule has 0 unspecified atom stereocenters. The van der Waals surface area contributed by atoms with Crippen LogP contribution in [0.5, 0.6) is 0 Å². The smallest absolute Gasteiger partial charge is 0.328 e. The summed E-state index contributed by atoms with van der Waals surface area (Å²) < 4.78 is 6.78. The molecular weight excluding hydrogens is 390 g/mol. The van der Waals surface area contributed by atoms with E-state index >= 15 is 0 Å². The number of carbonyl (C=O) groups is 1. The first kappa shape index (κ1) is 20.0. The minimum Gasteiger partial charge on any atom is -0.389 e. The first-order chi connectivity index (χ1) is 14.3. The molecule has 0 spiro atoms. The van der Waals surface area contributed by atoms with Crippen LogP contribution in [0.4, 0.5) is 0 Å². The number of β-amino-alcohol motifs (C(OH)–C–C–N with tert-alkyl or cyclic N) is 1. The molecule has 1 fully saturated rings. The molecule has 158 valence electrons. The maximum Gasteiger partial charge on any atom is 0.328 e. The number of aromatic nitrogens is 4. The molecule has 4 rings (SSSR count). The highest BCUT2D eigenvalue weighted by molar-refractivity contribution is 5.78. The molecule has 10 heteroatoms. The van der Waals surface area contributed by atoms with Crippen molar-refractivity contribution in [2.24, 2.45) is 0 Å². The van der Waals surface area contributed by atoms with Crippen LogP contribution in [-0.2, 0) is 16.1 Å². The maximum atomic E-state index is 12.5. The van der Waals surface area contributed by atoms with E-state index in [9.17, 15) is 19.5 Å². The Hall–Kier alpha value is -3.24. The number of nitrogens with zero attached hydrogens (tertiary/aromatic N) is 3. The molecule has 1 amide bonds. The predicted octanol–water partition coefficient (Wildman–Crippen LogP) is -0.00926. The largest absolute Gasteiger partial charge is 0.389 e. The molecule has 0 aliphatic carbocycles. The molecule has 10 nitrogen and oxygen atoms in total. The van der Waals surface area contributed by atoms with E-state index < -0.39 is 23.4 Å². The van der Waals surface area contributed by atoms with Gasteiger partial charge < -0.3 is 19.7 Å². The molecule has 1 saturated heterocycles. The van der Waals surface area contributed by atoms with Crippen molar-refractivity contribution in [3.05, 3.63) is 62.2 Å². The fourth-order valence-corrected chi connectivity index (χ4v) is 3.65. The number of rotatable bonds is 5. The summed E-state index contributed by atoms with van der Waals surface area (Å²) in [6, 6.07) is 5.25. The molecule has 30 heavy (non-hydrogen) atoms. The normalized spacial score (nSPS) is 19.0. The number of hydrogen-bond acceptors (Lipinski definition) is 6. The Morgan fingerprint density at radius 3 is 2.87 bits per heavy atom. The van der Waals surface area contributed by atoms with Crippen LogP contribution in [0.15, 0.2) is 34.0 Å². The Kier molecular flexibility index (Phi) is 5.27. The second-order valence-electron chi connectivity index (χ2n) is 7.61. The van der Waals surface area contributed by atoms with Gasteiger partial charge in [0.1, 0.15) is 19.0 Å². The van der Waals surface area contributed by atoms with Crippen LogP contribution in [0.25, 0.3) is 11.0 Å². The first-order valence-corrected chi connectivity index (χ1v) is 9.62. The molecular formula is C20H23N5O5. The number of fused-ring (bicyclic) bond motifs is 1. The second kappa shape index (κ2) is 7.88. The summed E-state index contributed by atoms with van der Waals surface area (Å²) >= 11 is 0. The number of aryl methyl sites for hydroxylation is 2. The minimum atomic E-state index is -0.921. The van der Waals surface area contributed by atoms with Gasteiger partial charge in [0.15, 0.2) is 0 Å². The quantitative estimate of drug-likeness (QED) is 0.539. The van der Waals surface area contributed by atoms with Crippen molar-refractivity contribution in [3.63, 3.8) is 0 Å². The van der Waals surface area contributed by atoms with Gasteiger partial charge in [-0.3, -0.25) is 19.1 Å². The number of imidazole rings is 1. The molecule has 1 aliphatic heterocycles. The van der Waals surface area contributed by atoms with Crippen molar-refractivity contribution in [1.29, 1.82) is 0 Å². The lowest BCUT2D eigenvalue weighted by molar-refractivity contribution is -0.136. The highest BCUT2D eigenvalue weighted by Gasteiger charge is 2.35. The van der Waals surface area contributed by atoms with Crippen molar-refractivity contribution in [1.82, 2.24) is 24.4 Å². The van der Waals surface area contributed by atoms with Gasteiger partial charge in [-0.25, -0.2) is 9.78 Å². The van der Waals surface area contributed by atoms with Crippen LogP contribution >= 0.6 is 0 Å². The molecule has 3 heterocycles. The third kappa shape index (κ3) is 3.91. The molecule has 0 saturated carbocycles. The summed E-state index contributed by atoms with van der Waals surface area (Å²) in [6.45, 7) is 3.79. The van der Waals surface area contributed by atoms with Crippen LogP contribution in [0.3, 0.4) is 0 Å². The van der Waals surface area contributed by atoms with Crippen LogP contribution in [0, 0.1) is 13.8 Å².